The van der Waals surface area contributed by atoms with Crippen molar-refractivity contribution in [3.05, 3.63) is 16.1 Å². The highest BCUT2D eigenvalue weighted by Crippen LogP contribution is 2.11. The number of nitrogens with one attached hydrogen (secondary N) is 2. The van der Waals surface area contributed by atoms with Crippen LogP contribution in [0.25, 0.3) is 0 Å². The monoisotopic (exact) mass is 303 g/mol. The second-order valence-corrected chi connectivity index (χ2v) is 8.40. The highest BCUT2D eigenvalue weighted by molar-refractivity contribution is 7.86. The maximum atomic E-state index is 11.8. The molecule has 0 aliphatic heterocycles. The van der Waals surface area contributed by atoms with E-state index in [2.05, 4.69) is 15.6 Å². The minimum absolute atomic E-state index is 0.237. The van der Waals surface area contributed by atoms with E-state index in [1.807, 2.05) is 27.7 Å². The average molecular weight is 303 g/mol. The third-order valence-corrected chi connectivity index (χ3v) is 5.39. The largest absolute Gasteiger partial charge is 0.337 e. The predicted octanol–water partition coefficient (Wildman–Crippen LogP) is 1.80. The van der Waals surface area contributed by atoms with Gasteiger partial charge in [0.05, 0.1) is 17.7 Å². The maximum Gasteiger partial charge on any atom is 0.315 e. The zero-order valence-electron chi connectivity index (χ0n) is 11.8. The molecule has 2 N–H and O–H groups in total. The average Bonchev–Trinajstić information content (AvgIpc) is 2.71. The first-order valence-corrected chi connectivity index (χ1v) is 8.29. The smallest absolute Gasteiger partial charge is 0.315 e. The van der Waals surface area contributed by atoms with E-state index in [1.165, 1.54) is 11.3 Å². The minimum atomic E-state index is -0.941. The van der Waals surface area contributed by atoms with Crippen LogP contribution in [-0.2, 0) is 17.3 Å². The van der Waals surface area contributed by atoms with Gasteiger partial charge < -0.3 is 10.6 Å². The molecule has 0 fully saturated rings. The van der Waals surface area contributed by atoms with Crippen LogP contribution in [0.4, 0.5) is 4.79 Å². The molecule has 0 aromatic carbocycles. The van der Waals surface area contributed by atoms with Crippen molar-refractivity contribution in [3.8, 4) is 0 Å². The Bertz CT molecular complexity index is 452. The molecule has 19 heavy (non-hydrogen) atoms. The Morgan fingerprint density at radius 1 is 1.42 bits per heavy atom. The summed E-state index contributed by atoms with van der Waals surface area (Å²) in [4.78, 5) is 16.7. The third-order valence-electron chi connectivity index (χ3n) is 2.51. The van der Waals surface area contributed by atoms with Crippen molar-refractivity contribution in [2.75, 3.05) is 12.3 Å². The molecule has 1 aromatic heterocycles. The number of rotatable bonds is 5. The van der Waals surface area contributed by atoms with Gasteiger partial charge in [0, 0.05) is 32.7 Å². The summed E-state index contributed by atoms with van der Waals surface area (Å²) in [7, 11) is -0.941. The van der Waals surface area contributed by atoms with Gasteiger partial charge in [-0.25, -0.2) is 9.78 Å². The van der Waals surface area contributed by atoms with Crippen LogP contribution in [0.5, 0.6) is 0 Å². The molecule has 0 aliphatic carbocycles. The molecule has 0 saturated carbocycles. The molecule has 7 heteroatoms. The van der Waals surface area contributed by atoms with Gasteiger partial charge in [-0.2, -0.15) is 0 Å². The van der Waals surface area contributed by atoms with E-state index in [-0.39, 0.29) is 10.8 Å². The number of carbonyl (C=O) groups is 1. The number of thiazole rings is 1. The van der Waals surface area contributed by atoms with Crippen LogP contribution in [0.2, 0.25) is 0 Å². The summed E-state index contributed by atoms with van der Waals surface area (Å²) in [5, 5.41) is 5.47. The molecule has 1 aromatic rings. The fraction of sp³-hybridized carbons (Fsp3) is 0.667. The van der Waals surface area contributed by atoms with Gasteiger partial charge in [-0.1, -0.05) is 0 Å². The van der Waals surface area contributed by atoms with Gasteiger partial charge >= 0.3 is 6.03 Å². The first-order valence-electron chi connectivity index (χ1n) is 6.10. The summed E-state index contributed by atoms with van der Waals surface area (Å²) in [5.41, 5.74) is 2.70. The van der Waals surface area contributed by atoms with Gasteiger partial charge in [0.15, 0.2) is 0 Å². The summed E-state index contributed by atoms with van der Waals surface area (Å²) in [5.74, 6) is 0.469. The zero-order chi connectivity index (χ0) is 14.5. The molecule has 1 rings (SSSR count). The Morgan fingerprint density at radius 3 is 2.63 bits per heavy atom. The van der Waals surface area contributed by atoms with Gasteiger partial charge in [0.1, 0.15) is 0 Å². The predicted molar refractivity (Wildman–Crippen MR) is 79.9 cm³/mol. The maximum absolute atomic E-state index is 11.8. The van der Waals surface area contributed by atoms with E-state index < -0.39 is 10.8 Å². The van der Waals surface area contributed by atoms with E-state index in [1.54, 1.807) is 5.51 Å². The fourth-order valence-electron chi connectivity index (χ4n) is 1.28. The molecular weight excluding hydrogens is 282 g/mol. The lowest BCUT2D eigenvalue weighted by Gasteiger charge is -2.17. The van der Waals surface area contributed by atoms with Gasteiger partial charge in [-0.3, -0.25) is 4.21 Å². The highest BCUT2D eigenvalue weighted by Gasteiger charge is 2.18. The summed E-state index contributed by atoms with van der Waals surface area (Å²) < 4.78 is 11.5. The highest BCUT2D eigenvalue weighted by atomic mass is 32.2. The summed E-state index contributed by atoms with van der Waals surface area (Å²) >= 11 is 1.52. The van der Waals surface area contributed by atoms with Crippen molar-refractivity contribution in [2.24, 2.45) is 0 Å². The third kappa shape index (κ3) is 5.69. The number of nitrogens with zero attached hydrogens (tertiary/aromatic N) is 1. The van der Waals surface area contributed by atoms with Gasteiger partial charge in [0.2, 0.25) is 0 Å². The molecule has 108 valence electrons. The lowest BCUT2D eigenvalue weighted by Crippen LogP contribution is -2.38. The van der Waals surface area contributed by atoms with Crippen molar-refractivity contribution in [3.63, 3.8) is 0 Å². The quantitative estimate of drug-likeness (QED) is 0.871. The molecule has 0 bridgehead atoms. The second-order valence-electron chi connectivity index (χ2n) is 5.13. The SMILES string of the molecule is Cc1ncsc1CNC(=O)NCC[S@](=O)C(C)(C)C. The summed E-state index contributed by atoms with van der Waals surface area (Å²) in [6, 6.07) is -0.237. The topological polar surface area (TPSA) is 71.1 Å². The molecule has 2 amide bonds. The molecule has 0 spiro atoms. The van der Waals surface area contributed by atoms with E-state index in [0.717, 1.165) is 10.6 Å². The van der Waals surface area contributed by atoms with Crippen LogP contribution in [0.15, 0.2) is 5.51 Å². The molecule has 1 atom stereocenters. The molecule has 0 saturated heterocycles. The Labute approximate surface area is 120 Å². The molecule has 0 unspecified atom stereocenters. The van der Waals surface area contributed by atoms with Gasteiger partial charge in [-0.05, 0) is 27.7 Å². The molecule has 0 radical (unpaired) electrons. The number of amides is 2. The summed E-state index contributed by atoms with van der Waals surface area (Å²) in [6.07, 6.45) is 0. The van der Waals surface area contributed by atoms with Gasteiger partial charge in [-0.15, -0.1) is 11.3 Å². The van der Waals surface area contributed by atoms with Crippen molar-refractivity contribution in [1.82, 2.24) is 15.6 Å². The van der Waals surface area contributed by atoms with Crippen LogP contribution < -0.4 is 10.6 Å². The van der Waals surface area contributed by atoms with Crippen molar-refractivity contribution in [2.45, 2.75) is 39.0 Å². The first-order chi connectivity index (χ1) is 8.80. The Hall–Kier alpha value is -0.950. The van der Waals surface area contributed by atoms with Crippen LogP contribution in [0, 0.1) is 6.92 Å². The van der Waals surface area contributed by atoms with E-state index in [4.69, 9.17) is 0 Å². The fourth-order valence-corrected chi connectivity index (χ4v) is 2.90. The number of urea groups is 1. The molecule has 1 heterocycles. The Balaban J connectivity index is 2.22. The number of carbonyl (C=O) groups excluding carboxylic acids is 1. The Kier molecular flexibility index (Phi) is 5.93. The molecule has 5 nitrogen and oxygen atoms in total. The standard InChI is InChI=1S/C12H21N3O2S2/c1-9-10(18-8-15-9)7-14-11(16)13-5-6-19(17)12(2,3)4/h8H,5-7H2,1-4H3,(H2,13,14,16)/t19-/m0/s1. The van der Waals surface area contributed by atoms with Crippen molar-refractivity contribution in [1.29, 1.82) is 0 Å². The van der Waals surface area contributed by atoms with E-state index >= 15 is 0 Å². The van der Waals surface area contributed by atoms with Crippen molar-refractivity contribution < 1.29 is 9.00 Å². The van der Waals surface area contributed by atoms with Crippen molar-refractivity contribution >= 4 is 28.2 Å². The van der Waals surface area contributed by atoms with E-state index in [0.29, 0.717) is 18.8 Å². The lowest BCUT2D eigenvalue weighted by atomic mass is 10.3. The number of hydrogen-bond acceptors (Lipinski definition) is 4. The van der Waals surface area contributed by atoms with Crippen LogP contribution in [0.1, 0.15) is 31.3 Å². The first kappa shape index (κ1) is 16.1. The number of aryl methyl sites for hydroxylation is 1. The van der Waals surface area contributed by atoms with Crippen LogP contribution in [0.3, 0.4) is 0 Å². The normalized spacial score (nSPS) is 13.1. The van der Waals surface area contributed by atoms with Crippen LogP contribution in [-0.4, -0.2) is 32.3 Å². The zero-order valence-corrected chi connectivity index (χ0v) is 13.4. The summed E-state index contributed by atoms with van der Waals surface area (Å²) in [6.45, 7) is 8.58. The lowest BCUT2D eigenvalue weighted by molar-refractivity contribution is 0.241. The number of aromatic nitrogens is 1. The minimum Gasteiger partial charge on any atom is -0.337 e. The van der Waals surface area contributed by atoms with Gasteiger partial charge in [0.25, 0.3) is 0 Å². The molecular formula is C12H21N3O2S2. The second kappa shape index (κ2) is 7.00. The Morgan fingerprint density at radius 2 is 2.11 bits per heavy atom. The van der Waals surface area contributed by atoms with Crippen LogP contribution >= 0.6 is 11.3 Å². The molecule has 0 aliphatic rings. The number of hydrogen-bond donors (Lipinski definition) is 2. The van der Waals surface area contributed by atoms with E-state index in [9.17, 15) is 9.00 Å².